The second-order valence-electron chi connectivity index (χ2n) is 8.76. The first-order valence-corrected chi connectivity index (χ1v) is 10.1. The van der Waals surface area contributed by atoms with Gasteiger partial charge < -0.3 is 14.5 Å². The van der Waals surface area contributed by atoms with Crippen molar-refractivity contribution >= 4 is 11.8 Å². The van der Waals surface area contributed by atoms with Gasteiger partial charge in [0.2, 0.25) is 5.91 Å². The minimum absolute atomic E-state index is 0.00841. The van der Waals surface area contributed by atoms with E-state index in [-0.39, 0.29) is 23.1 Å². The number of carbonyl (C=O) groups is 2. The molecule has 1 saturated carbocycles. The van der Waals surface area contributed by atoms with E-state index in [1.165, 1.54) is 12.8 Å². The van der Waals surface area contributed by atoms with E-state index in [4.69, 9.17) is 4.74 Å². The molecular formula is C22H32N2O3. The second-order valence-corrected chi connectivity index (χ2v) is 8.76. The van der Waals surface area contributed by atoms with Gasteiger partial charge in [0, 0.05) is 32.1 Å². The molecule has 0 bridgehead atoms. The topological polar surface area (TPSA) is 49.9 Å². The summed E-state index contributed by atoms with van der Waals surface area (Å²) in [5, 5.41) is 0. The summed E-state index contributed by atoms with van der Waals surface area (Å²) >= 11 is 0. The summed E-state index contributed by atoms with van der Waals surface area (Å²) < 4.78 is 5.44. The molecule has 0 atom stereocenters. The predicted octanol–water partition coefficient (Wildman–Crippen LogP) is 3.47. The van der Waals surface area contributed by atoms with Gasteiger partial charge in [-0.15, -0.1) is 0 Å². The second kappa shape index (κ2) is 7.91. The van der Waals surface area contributed by atoms with Gasteiger partial charge in [0.05, 0.1) is 12.7 Å². The van der Waals surface area contributed by atoms with Gasteiger partial charge >= 0.3 is 0 Å². The molecule has 27 heavy (non-hydrogen) atoms. The molecule has 1 heterocycles. The minimum atomic E-state index is -0.0340. The maximum atomic E-state index is 13.1. The fourth-order valence-corrected chi connectivity index (χ4v) is 4.07. The van der Waals surface area contributed by atoms with Crippen molar-refractivity contribution in [1.82, 2.24) is 9.80 Å². The standard InChI is InChI=1S/C22H32N2O3/c1-22(2,3)17-9-10-19(27-4)18(15-17)21(26)24-13-11-23(12-14-24)20(25)16-7-5-6-8-16/h9-10,15-16H,5-8,11-14H2,1-4H3. The Morgan fingerprint density at radius 3 is 2.15 bits per heavy atom. The molecule has 1 aliphatic carbocycles. The first-order chi connectivity index (χ1) is 12.8. The molecule has 1 aliphatic heterocycles. The largest absolute Gasteiger partial charge is 0.496 e. The summed E-state index contributed by atoms with van der Waals surface area (Å²) in [7, 11) is 1.60. The van der Waals surface area contributed by atoms with Crippen LogP contribution in [0.5, 0.6) is 5.75 Å². The number of ether oxygens (including phenoxy) is 1. The van der Waals surface area contributed by atoms with Gasteiger partial charge in [0.25, 0.3) is 5.91 Å². The number of hydrogen-bond acceptors (Lipinski definition) is 3. The van der Waals surface area contributed by atoms with Crippen LogP contribution in [0.3, 0.4) is 0 Å². The van der Waals surface area contributed by atoms with Crippen LogP contribution in [0.4, 0.5) is 0 Å². The monoisotopic (exact) mass is 372 g/mol. The van der Waals surface area contributed by atoms with Crippen LogP contribution < -0.4 is 4.74 Å². The molecule has 1 saturated heterocycles. The van der Waals surface area contributed by atoms with Crippen LogP contribution in [-0.4, -0.2) is 54.9 Å². The van der Waals surface area contributed by atoms with Gasteiger partial charge in [-0.3, -0.25) is 9.59 Å². The first kappa shape index (κ1) is 19.7. The van der Waals surface area contributed by atoms with Gasteiger partial charge in [0.1, 0.15) is 5.75 Å². The fraction of sp³-hybridized carbons (Fsp3) is 0.636. The zero-order valence-corrected chi connectivity index (χ0v) is 17.1. The van der Waals surface area contributed by atoms with E-state index in [9.17, 15) is 9.59 Å². The lowest BCUT2D eigenvalue weighted by molar-refractivity contribution is -0.136. The number of carbonyl (C=O) groups excluding carboxylic acids is 2. The van der Waals surface area contributed by atoms with E-state index >= 15 is 0 Å². The van der Waals surface area contributed by atoms with Crippen molar-refractivity contribution in [2.24, 2.45) is 5.92 Å². The Morgan fingerprint density at radius 1 is 1.00 bits per heavy atom. The van der Waals surface area contributed by atoms with Crippen molar-refractivity contribution in [2.45, 2.75) is 51.9 Å². The third-order valence-corrected chi connectivity index (χ3v) is 5.88. The lowest BCUT2D eigenvalue weighted by Gasteiger charge is -2.36. The third-order valence-electron chi connectivity index (χ3n) is 5.88. The molecule has 1 aromatic rings. The molecule has 0 unspecified atom stereocenters. The molecular weight excluding hydrogens is 340 g/mol. The molecule has 2 fully saturated rings. The van der Waals surface area contributed by atoms with Crippen molar-refractivity contribution in [3.05, 3.63) is 29.3 Å². The highest BCUT2D eigenvalue weighted by atomic mass is 16.5. The molecule has 5 heteroatoms. The maximum absolute atomic E-state index is 13.1. The Balaban J connectivity index is 1.69. The summed E-state index contributed by atoms with van der Waals surface area (Å²) in [6.45, 7) is 8.83. The number of benzene rings is 1. The smallest absolute Gasteiger partial charge is 0.257 e. The normalized spacial score (nSPS) is 18.7. The molecule has 0 spiro atoms. The van der Waals surface area contributed by atoms with Crippen LogP contribution in [-0.2, 0) is 10.2 Å². The summed E-state index contributed by atoms with van der Waals surface area (Å²) in [5.41, 5.74) is 1.69. The number of methoxy groups -OCH3 is 1. The highest BCUT2D eigenvalue weighted by Gasteiger charge is 2.31. The molecule has 2 aliphatic rings. The van der Waals surface area contributed by atoms with E-state index in [2.05, 4.69) is 20.8 Å². The summed E-state index contributed by atoms with van der Waals surface area (Å²) in [6, 6.07) is 5.86. The Morgan fingerprint density at radius 2 is 1.59 bits per heavy atom. The number of nitrogens with zero attached hydrogens (tertiary/aromatic N) is 2. The molecule has 148 valence electrons. The van der Waals surface area contributed by atoms with E-state index in [0.717, 1.165) is 18.4 Å². The molecule has 5 nitrogen and oxygen atoms in total. The Labute approximate surface area is 162 Å². The van der Waals surface area contributed by atoms with E-state index in [1.54, 1.807) is 7.11 Å². The van der Waals surface area contributed by atoms with Crippen molar-refractivity contribution in [3.63, 3.8) is 0 Å². The SMILES string of the molecule is COc1ccc(C(C)(C)C)cc1C(=O)N1CCN(C(=O)C2CCCC2)CC1. The average molecular weight is 373 g/mol. The molecule has 3 rings (SSSR count). The Hall–Kier alpha value is -2.04. The van der Waals surface area contributed by atoms with Gasteiger partial charge in [-0.05, 0) is 36.0 Å². The highest BCUT2D eigenvalue weighted by molar-refractivity contribution is 5.97. The summed E-state index contributed by atoms with van der Waals surface area (Å²) in [4.78, 5) is 29.5. The van der Waals surface area contributed by atoms with Crippen molar-refractivity contribution in [3.8, 4) is 5.75 Å². The van der Waals surface area contributed by atoms with Crippen molar-refractivity contribution in [2.75, 3.05) is 33.3 Å². The van der Waals surface area contributed by atoms with Gasteiger partial charge in [-0.1, -0.05) is 39.7 Å². The number of amides is 2. The van der Waals surface area contributed by atoms with Crippen LogP contribution in [0.25, 0.3) is 0 Å². The fourth-order valence-electron chi connectivity index (χ4n) is 4.07. The van der Waals surface area contributed by atoms with Crippen LogP contribution >= 0.6 is 0 Å². The van der Waals surface area contributed by atoms with E-state index < -0.39 is 0 Å². The quantitative estimate of drug-likeness (QED) is 0.816. The first-order valence-electron chi connectivity index (χ1n) is 10.1. The van der Waals surface area contributed by atoms with Gasteiger partial charge in [0.15, 0.2) is 0 Å². The van der Waals surface area contributed by atoms with Crippen LogP contribution in [0.15, 0.2) is 18.2 Å². The minimum Gasteiger partial charge on any atom is -0.496 e. The van der Waals surface area contributed by atoms with E-state index in [0.29, 0.717) is 37.5 Å². The number of piperazine rings is 1. The maximum Gasteiger partial charge on any atom is 0.257 e. The third kappa shape index (κ3) is 4.28. The van der Waals surface area contributed by atoms with Gasteiger partial charge in [-0.25, -0.2) is 0 Å². The van der Waals surface area contributed by atoms with Crippen LogP contribution in [0.2, 0.25) is 0 Å². The zero-order chi connectivity index (χ0) is 19.6. The Kier molecular flexibility index (Phi) is 5.78. The highest BCUT2D eigenvalue weighted by Crippen LogP contribution is 2.30. The molecule has 0 aromatic heterocycles. The molecule has 1 aromatic carbocycles. The molecule has 2 amide bonds. The van der Waals surface area contributed by atoms with Crippen LogP contribution in [0.1, 0.15) is 62.4 Å². The summed E-state index contributed by atoms with van der Waals surface area (Å²) in [6.07, 6.45) is 4.38. The Bertz CT molecular complexity index is 694. The summed E-state index contributed by atoms with van der Waals surface area (Å²) in [5.74, 6) is 1.09. The lowest BCUT2D eigenvalue weighted by Crippen LogP contribution is -2.51. The molecule has 0 N–H and O–H groups in total. The van der Waals surface area contributed by atoms with Gasteiger partial charge in [-0.2, -0.15) is 0 Å². The van der Waals surface area contributed by atoms with Crippen molar-refractivity contribution in [1.29, 1.82) is 0 Å². The number of hydrogen-bond donors (Lipinski definition) is 0. The van der Waals surface area contributed by atoms with Crippen molar-refractivity contribution < 1.29 is 14.3 Å². The predicted molar refractivity (Wildman–Crippen MR) is 106 cm³/mol. The molecule has 0 radical (unpaired) electrons. The van der Waals surface area contributed by atoms with E-state index in [1.807, 2.05) is 28.0 Å². The van der Waals surface area contributed by atoms with Crippen LogP contribution in [0, 0.1) is 5.92 Å². The lowest BCUT2D eigenvalue weighted by atomic mass is 9.86. The average Bonchev–Trinajstić information content (AvgIpc) is 3.20. The zero-order valence-electron chi connectivity index (χ0n) is 17.1. The number of rotatable bonds is 3.